The number of rotatable bonds is 3. The molecule has 0 radical (unpaired) electrons. The van der Waals surface area contributed by atoms with E-state index in [4.69, 9.17) is 5.73 Å². The summed E-state index contributed by atoms with van der Waals surface area (Å²) in [6.07, 6.45) is 3.49. The standard InChI is InChI=1S/C15H17BrN4O2/c16-11-3-4-13-18-12(6-14(21)20(13)8-11)9-19-5-1-2-10(7-19)15(17)22/h3-4,6,8,10H,1-2,5,7,9H2,(H2,17,22)/t10-/m0/s1. The number of halogens is 1. The molecule has 6 nitrogen and oxygen atoms in total. The van der Waals surface area contributed by atoms with Gasteiger partial charge in [0.25, 0.3) is 5.56 Å². The van der Waals surface area contributed by atoms with Crippen LogP contribution in [0.4, 0.5) is 0 Å². The highest BCUT2D eigenvalue weighted by molar-refractivity contribution is 9.10. The molecule has 3 rings (SSSR count). The van der Waals surface area contributed by atoms with Gasteiger partial charge in [-0.2, -0.15) is 0 Å². The summed E-state index contributed by atoms with van der Waals surface area (Å²) in [6, 6.07) is 5.21. The van der Waals surface area contributed by atoms with Crippen molar-refractivity contribution in [1.82, 2.24) is 14.3 Å². The lowest BCUT2D eigenvalue weighted by Crippen LogP contribution is -2.41. The molecule has 7 heteroatoms. The van der Waals surface area contributed by atoms with Crippen LogP contribution in [-0.4, -0.2) is 33.3 Å². The topological polar surface area (TPSA) is 80.7 Å². The van der Waals surface area contributed by atoms with E-state index >= 15 is 0 Å². The van der Waals surface area contributed by atoms with Gasteiger partial charge in [-0.1, -0.05) is 0 Å². The maximum Gasteiger partial charge on any atom is 0.258 e. The highest BCUT2D eigenvalue weighted by Crippen LogP contribution is 2.18. The number of nitrogens with zero attached hydrogens (tertiary/aromatic N) is 3. The first-order valence-electron chi connectivity index (χ1n) is 7.22. The molecule has 1 amide bonds. The summed E-state index contributed by atoms with van der Waals surface area (Å²) >= 11 is 3.35. The van der Waals surface area contributed by atoms with Crippen LogP contribution in [0.1, 0.15) is 18.5 Å². The number of carbonyl (C=O) groups is 1. The van der Waals surface area contributed by atoms with Gasteiger partial charge in [0.05, 0.1) is 11.6 Å². The second kappa shape index (κ2) is 6.18. The van der Waals surface area contributed by atoms with Crippen molar-refractivity contribution in [3.8, 4) is 0 Å². The summed E-state index contributed by atoms with van der Waals surface area (Å²) in [4.78, 5) is 30.2. The van der Waals surface area contributed by atoms with Crippen LogP contribution in [0.15, 0.2) is 33.7 Å². The zero-order valence-corrected chi connectivity index (χ0v) is 13.6. The van der Waals surface area contributed by atoms with E-state index in [-0.39, 0.29) is 17.4 Å². The maximum absolute atomic E-state index is 12.2. The van der Waals surface area contributed by atoms with E-state index in [1.165, 1.54) is 4.40 Å². The monoisotopic (exact) mass is 364 g/mol. The Morgan fingerprint density at radius 1 is 1.45 bits per heavy atom. The smallest absolute Gasteiger partial charge is 0.258 e. The maximum atomic E-state index is 12.2. The van der Waals surface area contributed by atoms with Gasteiger partial charge in [0, 0.05) is 29.8 Å². The van der Waals surface area contributed by atoms with Gasteiger partial charge >= 0.3 is 0 Å². The third-order valence-electron chi connectivity index (χ3n) is 3.97. The Morgan fingerprint density at radius 2 is 2.27 bits per heavy atom. The quantitative estimate of drug-likeness (QED) is 0.885. The van der Waals surface area contributed by atoms with Crippen molar-refractivity contribution in [2.45, 2.75) is 19.4 Å². The predicted octanol–water partition coefficient (Wildman–Crippen LogP) is 1.15. The fourth-order valence-corrected chi connectivity index (χ4v) is 3.20. The van der Waals surface area contributed by atoms with Crippen LogP contribution in [0.5, 0.6) is 0 Å². The number of carbonyl (C=O) groups excluding carboxylic acids is 1. The van der Waals surface area contributed by atoms with E-state index in [9.17, 15) is 9.59 Å². The Morgan fingerprint density at radius 3 is 3.05 bits per heavy atom. The Kier molecular flexibility index (Phi) is 4.26. The highest BCUT2D eigenvalue weighted by atomic mass is 79.9. The molecule has 1 aliphatic heterocycles. The van der Waals surface area contributed by atoms with E-state index in [2.05, 4.69) is 25.8 Å². The molecular formula is C15H17BrN4O2. The van der Waals surface area contributed by atoms with Crippen LogP contribution < -0.4 is 11.3 Å². The number of likely N-dealkylation sites (tertiary alicyclic amines) is 1. The molecular weight excluding hydrogens is 348 g/mol. The first-order chi connectivity index (χ1) is 10.5. The van der Waals surface area contributed by atoms with Crippen LogP contribution in [0.25, 0.3) is 5.65 Å². The number of piperidine rings is 1. The molecule has 1 aliphatic rings. The fourth-order valence-electron chi connectivity index (χ4n) is 2.87. The minimum Gasteiger partial charge on any atom is -0.369 e. The van der Waals surface area contributed by atoms with Gasteiger partial charge in [-0.05, 0) is 47.4 Å². The van der Waals surface area contributed by atoms with Gasteiger partial charge in [-0.25, -0.2) is 4.98 Å². The molecule has 2 aromatic heterocycles. The highest BCUT2D eigenvalue weighted by Gasteiger charge is 2.24. The Hall–Kier alpha value is -1.73. The molecule has 0 unspecified atom stereocenters. The third-order valence-corrected chi connectivity index (χ3v) is 4.44. The minimum absolute atomic E-state index is 0.105. The lowest BCUT2D eigenvalue weighted by molar-refractivity contribution is -0.123. The molecule has 1 saturated heterocycles. The molecule has 22 heavy (non-hydrogen) atoms. The number of hydrogen-bond acceptors (Lipinski definition) is 4. The number of amides is 1. The molecule has 116 valence electrons. The largest absolute Gasteiger partial charge is 0.369 e. The Labute approximate surface area is 136 Å². The molecule has 0 aromatic carbocycles. The van der Waals surface area contributed by atoms with Gasteiger partial charge in [-0.3, -0.25) is 18.9 Å². The van der Waals surface area contributed by atoms with Crippen LogP contribution in [0, 0.1) is 5.92 Å². The van der Waals surface area contributed by atoms with Crippen LogP contribution in [0.3, 0.4) is 0 Å². The number of fused-ring (bicyclic) bond motifs is 1. The van der Waals surface area contributed by atoms with Crippen LogP contribution in [0.2, 0.25) is 0 Å². The second-order valence-corrected chi connectivity index (χ2v) is 6.55. The van der Waals surface area contributed by atoms with Crippen molar-refractivity contribution in [3.05, 3.63) is 44.9 Å². The zero-order valence-electron chi connectivity index (χ0n) is 12.0. The molecule has 1 atom stereocenters. The zero-order chi connectivity index (χ0) is 15.7. The minimum atomic E-state index is -0.249. The summed E-state index contributed by atoms with van der Waals surface area (Å²) in [5, 5.41) is 0. The Balaban J connectivity index is 1.83. The van der Waals surface area contributed by atoms with Gasteiger partial charge < -0.3 is 5.73 Å². The number of primary amides is 1. The van der Waals surface area contributed by atoms with Crippen LogP contribution in [-0.2, 0) is 11.3 Å². The van der Waals surface area contributed by atoms with E-state index in [0.29, 0.717) is 18.7 Å². The van der Waals surface area contributed by atoms with E-state index in [0.717, 1.165) is 29.6 Å². The van der Waals surface area contributed by atoms with Crippen molar-refractivity contribution in [2.75, 3.05) is 13.1 Å². The van der Waals surface area contributed by atoms with Crippen molar-refractivity contribution in [1.29, 1.82) is 0 Å². The van der Waals surface area contributed by atoms with Gasteiger partial charge in [0.1, 0.15) is 5.65 Å². The second-order valence-electron chi connectivity index (χ2n) is 5.64. The molecule has 2 N–H and O–H groups in total. The third kappa shape index (κ3) is 3.20. The molecule has 3 heterocycles. The summed E-state index contributed by atoms with van der Waals surface area (Å²) in [6.45, 7) is 2.09. The summed E-state index contributed by atoms with van der Waals surface area (Å²) in [7, 11) is 0. The lowest BCUT2D eigenvalue weighted by Gasteiger charge is -2.30. The van der Waals surface area contributed by atoms with E-state index < -0.39 is 0 Å². The first-order valence-corrected chi connectivity index (χ1v) is 8.02. The van der Waals surface area contributed by atoms with Crippen LogP contribution >= 0.6 is 15.9 Å². The van der Waals surface area contributed by atoms with Gasteiger partial charge in [-0.15, -0.1) is 0 Å². The molecule has 2 aromatic rings. The average Bonchev–Trinajstić information content (AvgIpc) is 2.48. The Bertz CT molecular complexity index is 774. The summed E-state index contributed by atoms with van der Waals surface area (Å²) in [5.41, 5.74) is 6.63. The van der Waals surface area contributed by atoms with Gasteiger partial charge in [0.2, 0.25) is 5.91 Å². The van der Waals surface area contributed by atoms with E-state index in [1.54, 1.807) is 18.3 Å². The van der Waals surface area contributed by atoms with E-state index in [1.807, 2.05) is 6.07 Å². The fraction of sp³-hybridized carbons (Fsp3) is 0.400. The SMILES string of the molecule is NC(=O)[C@H]1CCCN(Cc2cc(=O)n3cc(Br)ccc3n2)C1. The van der Waals surface area contributed by atoms with Crippen molar-refractivity contribution in [2.24, 2.45) is 11.7 Å². The summed E-state index contributed by atoms with van der Waals surface area (Å²) in [5.74, 6) is -0.354. The first kappa shape index (κ1) is 15.2. The number of hydrogen-bond donors (Lipinski definition) is 1. The molecule has 0 spiro atoms. The predicted molar refractivity (Wildman–Crippen MR) is 86.4 cm³/mol. The number of nitrogens with two attached hydrogens (primary N) is 1. The molecule has 0 aliphatic carbocycles. The number of aromatic nitrogens is 2. The number of pyridine rings is 1. The molecule has 0 saturated carbocycles. The summed E-state index contributed by atoms with van der Waals surface area (Å²) < 4.78 is 2.34. The molecule has 1 fully saturated rings. The van der Waals surface area contributed by atoms with Crippen molar-refractivity contribution in [3.63, 3.8) is 0 Å². The molecule has 0 bridgehead atoms. The van der Waals surface area contributed by atoms with Crippen molar-refractivity contribution >= 4 is 27.5 Å². The van der Waals surface area contributed by atoms with Crippen molar-refractivity contribution < 1.29 is 4.79 Å². The van der Waals surface area contributed by atoms with Gasteiger partial charge in [0.15, 0.2) is 0 Å². The lowest BCUT2D eigenvalue weighted by atomic mass is 9.97. The normalized spacial score (nSPS) is 19.4. The average molecular weight is 365 g/mol.